The molecule has 0 aliphatic rings. The maximum Gasteiger partial charge on any atom is 0.328 e. The Morgan fingerprint density at radius 2 is 2.10 bits per heavy atom. The van der Waals surface area contributed by atoms with Crippen LogP contribution in [0.1, 0.15) is 22.5 Å². The predicted molar refractivity (Wildman–Crippen MR) is 77.1 cm³/mol. The highest BCUT2D eigenvalue weighted by atomic mass is 16.5. The molecule has 0 unspecified atom stereocenters. The number of fused-ring (bicyclic) bond motifs is 1. The van der Waals surface area contributed by atoms with Crippen LogP contribution in [0.15, 0.2) is 27.3 Å². The third-order valence-electron chi connectivity index (χ3n) is 3.47. The zero-order chi connectivity index (χ0) is 15.0. The Labute approximate surface area is 121 Å². The summed E-state index contributed by atoms with van der Waals surface area (Å²) in [6.45, 7) is 5.72. The molecule has 0 aliphatic carbocycles. The summed E-state index contributed by atoms with van der Waals surface area (Å²) >= 11 is 0. The van der Waals surface area contributed by atoms with E-state index in [-0.39, 0.29) is 18.3 Å². The lowest BCUT2D eigenvalue weighted by molar-refractivity contribution is -0.115. The van der Waals surface area contributed by atoms with Crippen LogP contribution in [0.2, 0.25) is 0 Å². The smallest absolute Gasteiger partial charge is 0.328 e. The van der Waals surface area contributed by atoms with E-state index in [9.17, 15) is 4.79 Å². The number of nitrogens with one attached hydrogen (secondary N) is 1. The zero-order valence-electron chi connectivity index (χ0n) is 12.1. The van der Waals surface area contributed by atoms with Gasteiger partial charge in [0.15, 0.2) is 5.82 Å². The Kier molecular flexibility index (Phi) is 3.21. The number of hydrogen-bond donors (Lipinski definition) is 1. The summed E-state index contributed by atoms with van der Waals surface area (Å²) in [7, 11) is 0. The number of rotatable bonds is 3. The lowest BCUT2D eigenvalue weighted by atomic mass is 10.0. The molecule has 0 saturated heterocycles. The second-order valence-corrected chi connectivity index (χ2v) is 5.02. The maximum absolute atomic E-state index is 12.0. The van der Waals surface area contributed by atoms with E-state index in [1.54, 1.807) is 13.2 Å². The summed E-state index contributed by atoms with van der Waals surface area (Å²) in [6, 6.07) is 4.11. The van der Waals surface area contributed by atoms with Crippen LogP contribution in [0, 0.1) is 20.8 Å². The molecule has 1 aromatic carbocycles. The highest BCUT2D eigenvalue weighted by Gasteiger charge is 2.14. The van der Waals surface area contributed by atoms with Gasteiger partial charge in [-0.25, -0.2) is 0 Å². The summed E-state index contributed by atoms with van der Waals surface area (Å²) in [4.78, 5) is 15.9. The number of carbonyl (C=O) groups is 1. The van der Waals surface area contributed by atoms with E-state index in [0.717, 1.165) is 27.7 Å². The minimum Gasteiger partial charge on any atom is -0.464 e. The van der Waals surface area contributed by atoms with Gasteiger partial charge in [0.25, 0.3) is 0 Å². The quantitative estimate of drug-likeness (QED) is 0.800. The van der Waals surface area contributed by atoms with Gasteiger partial charge in [0.1, 0.15) is 5.58 Å². The van der Waals surface area contributed by atoms with E-state index in [4.69, 9.17) is 8.94 Å². The average Bonchev–Trinajstić information content (AvgIpc) is 3.01. The number of furan rings is 1. The van der Waals surface area contributed by atoms with Gasteiger partial charge in [0.05, 0.1) is 12.7 Å². The first-order chi connectivity index (χ1) is 10.0. The Balaban J connectivity index is 1.82. The van der Waals surface area contributed by atoms with Crippen LogP contribution in [-0.2, 0) is 11.2 Å². The fourth-order valence-electron chi connectivity index (χ4n) is 2.21. The first kappa shape index (κ1) is 13.4. The Hall–Kier alpha value is -2.63. The molecule has 0 radical (unpaired) electrons. The molecule has 108 valence electrons. The van der Waals surface area contributed by atoms with Crippen LogP contribution in [0.3, 0.4) is 0 Å². The maximum atomic E-state index is 12.0. The number of anilines is 1. The van der Waals surface area contributed by atoms with E-state index in [1.165, 1.54) is 0 Å². The van der Waals surface area contributed by atoms with Gasteiger partial charge in [0.2, 0.25) is 5.91 Å². The molecule has 2 heterocycles. The SMILES string of the molecule is Cc1noc(NC(=O)Cc2coc3c(C)c(C)ccc23)n1. The summed E-state index contributed by atoms with van der Waals surface area (Å²) in [5.74, 6) is 0.254. The normalized spacial score (nSPS) is 11.0. The molecular formula is C15H15N3O3. The highest BCUT2D eigenvalue weighted by Crippen LogP contribution is 2.26. The van der Waals surface area contributed by atoms with Crippen LogP contribution in [0.25, 0.3) is 11.0 Å². The molecule has 3 aromatic rings. The molecule has 0 atom stereocenters. The lowest BCUT2D eigenvalue weighted by Gasteiger charge is -2.01. The molecule has 0 saturated carbocycles. The number of aromatic nitrogens is 2. The van der Waals surface area contributed by atoms with Crippen LogP contribution in [0.5, 0.6) is 0 Å². The van der Waals surface area contributed by atoms with E-state index < -0.39 is 0 Å². The highest BCUT2D eigenvalue weighted by molar-refractivity contribution is 5.94. The van der Waals surface area contributed by atoms with Crippen LogP contribution in [-0.4, -0.2) is 16.0 Å². The third kappa shape index (κ3) is 2.52. The molecule has 2 aromatic heterocycles. The minimum absolute atomic E-state index is 0.109. The van der Waals surface area contributed by atoms with Gasteiger partial charge in [-0.1, -0.05) is 17.3 Å². The van der Waals surface area contributed by atoms with Crippen LogP contribution < -0.4 is 5.32 Å². The number of hydrogen-bond acceptors (Lipinski definition) is 5. The van der Waals surface area contributed by atoms with E-state index in [1.807, 2.05) is 26.0 Å². The van der Waals surface area contributed by atoms with Gasteiger partial charge < -0.3 is 8.94 Å². The summed E-state index contributed by atoms with van der Waals surface area (Å²) in [5, 5.41) is 7.14. The van der Waals surface area contributed by atoms with Gasteiger partial charge in [-0.15, -0.1) is 0 Å². The Bertz CT molecular complexity index is 817. The number of carbonyl (C=O) groups excluding carboxylic acids is 1. The molecule has 0 spiro atoms. The molecule has 6 heteroatoms. The van der Waals surface area contributed by atoms with Gasteiger partial charge in [-0.05, 0) is 31.9 Å². The van der Waals surface area contributed by atoms with Gasteiger partial charge in [-0.3, -0.25) is 10.1 Å². The Morgan fingerprint density at radius 3 is 2.81 bits per heavy atom. The summed E-state index contributed by atoms with van der Waals surface area (Å²) < 4.78 is 10.4. The molecule has 21 heavy (non-hydrogen) atoms. The van der Waals surface area contributed by atoms with E-state index in [0.29, 0.717) is 5.82 Å². The van der Waals surface area contributed by atoms with Crippen molar-refractivity contribution in [1.29, 1.82) is 0 Å². The van der Waals surface area contributed by atoms with Crippen molar-refractivity contribution in [1.82, 2.24) is 10.1 Å². The van der Waals surface area contributed by atoms with Crippen molar-refractivity contribution in [2.75, 3.05) is 5.32 Å². The lowest BCUT2D eigenvalue weighted by Crippen LogP contribution is -2.14. The minimum atomic E-state index is -0.223. The van der Waals surface area contributed by atoms with Crippen molar-refractivity contribution in [2.45, 2.75) is 27.2 Å². The number of aryl methyl sites for hydroxylation is 3. The molecule has 0 fully saturated rings. The predicted octanol–water partition coefficient (Wildman–Crippen LogP) is 2.92. The van der Waals surface area contributed by atoms with E-state index in [2.05, 4.69) is 15.5 Å². The summed E-state index contributed by atoms with van der Waals surface area (Å²) in [5.41, 5.74) is 3.91. The van der Waals surface area contributed by atoms with Crippen LogP contribution in [0.4, 0.5) is 6.01 Å². The Morgan fingerprint density at radius 1 is 1.29 bits per heavy atom. The van der Waals surface area contributed by atoms with Crippen molar-refractivity contribution in [2.24, 2.45) is 0 Å². The number of nitrogens with zero attached hydrogens (tertiary/aromatic N) is 2. The van der Waals surface area contributed by atoms with Crippen molar-refractivity contribution < 1.29 is 13.7 Å². The fraction of sp³-hybridized carbons (Fsp3) is 0.267. The van der Waals surface area contributed by atoms with Gasteiger partial charge in [-0.2, -0.15) is 4.98 Å². The van der Waals surface area contributed by atoms with Gasteiger partial charge >= 0.3 is 6.01 Å². The molecular weight excluding hydrogens is 270 g/mol. The topological polar surface area (TPSA) is 81.2 Å². The molecule has 3 rings (SSSR count). The third-order valence-corrected chi connectivity index (χ3v) is 3.47. The first-order valence-corrected chi connectivity index (χ1v) is 6.61. The van der Waals surface area contributed by atoms with Crippen molar-refractivity contribution in [3.05, 3.63) is 40.9 Å². The fourth-order valence-corrected chi connectivity index (χ4v) is 2.21. The monoisotopic (exact) mass is 285 g/mol. The zero-order valence-corrected chi connectivity index (χ0v) is 12.1. The number of benzene rings is 1. The second kappa shape index (κ2) is 5.05. The van der Waals surface area contributed by atoms with Crippen molar-refractivity contribution in [3.8, 4) is 0 Å². The number of amides is 1. The van der Waals surface area contributed by atoms with Gasteiger partial charge in [0, 0.05) is 10.9 Å². The van der Waals surface area contributed by atoms with Crippen molar-refractivity contribution >= 4 is 22.9 Å². The first-order valence-electron chi connectivity index (χ1n) is 6.61. The molecule has 0 aliphatic heterocycles. The van der Waals surface area contributed by atoms with E-state index >= 15 is 0 Å². The molecule has 1 amide bonds. The average molecular weight is 285 g/mol. The molecule has 6 nitrogen and oxygen atoms in total. The standard InChI is InChI=1S/C15H15N3O3/c1-8-4-5-12-11(7-20-14(12)9(8)2)6-13(19)17-15-16-10(3)18-21-15/h4-5,7H,6H2,1-3H3,(H,16,17,18,19). The van der Waals surface area contributed by atoms with Crippen LogP contribution >= 0.6 is 0 Å². The second-order valence-electron chi connectivity index (χ2n) is 5.02. The van der Waals surface area contributed by atoms with Crippen molar-refractivity contribution in [3.63, 3.8) is 0 Å². The largest absolute Gasteiger partial charge is 0.464 e. The molecule has 1 N–H and O–H groups in total. The summed E-state index contributed by atoms with van der Waals surface area (Å²) in [6.07, 6.45) is 1.81. The molecule has 0 bridgehead atoms.